The smallest absolute Gasteiger partial charge is 0.268 e. The summed E-state index contributed by atoms with van der Waals surface area (Å²) in [6.07, 6.45) is 1.72. The lowest BCUT2D eigenvalue weighted by Crippen LogP contribution is -2.27. The van der Waals surface area contributed by atoms with Crippen LogP contribution in [-0.2, 0) is 11.3 Å². The SMILES string of the molecule is Cc1ccc(/C=C2/SC(=O)N(Cc3ccc(F)cc3Cl)C2=O)s1. The Morgan fingerprint density at radius 2 is 2.04 bits per heavy atom. The highest BCUT2D eigenvalue weighted by atomic mass is 35.5. The van der Waals surface area contributed by atoms with Gasteiger partial charge in [0.2, 0.25) is 0 Å². The standard InChI is InChI=1S/C16H11ClFNO2S2/c1-9-2-5-12(22-9)7-14-15(20)19(16(21)23-14)8-10-3-4-11(18)6-13(10)17/h2-7H,8H2,1H3/b14-7+. The first-order valence-electron chi connectivity index (χ1n) is 6.70. The van der Waals surface area contributed by atoms with Crippen LogP contribution in [0.1, 0.15) is 15.3 Å². The first-order valence-corrected chi connectivity index (χ1v) is 8.71. The second kappa shape index (κ2) is 6.47. The van der Waals surface area contributed by atoms with E-state index < -0.39 is 5.82 Å². The number of imide groups is 1. The van der Waals surface area contributed by atoms with Crippen molar-refractivity contribution in [2.75, 3.05) is 0 Å². The summed E-state index contributed by atoms with van der Waals surface area (Å²) in [6, 6.07) is 7.77. The summed E-state index contributed by atoms with van der Waals surface area (Å²) in [6.45, 7) is 2.01. The molecule has 1 aliphatic heterocycles. The molecule has 1 aliphatic rings. The lowest BCUT2D eigenvalue weighted by Gasteiger charge is -2.13. The number of aryl methyl sites for hydroxylation is 1. The average molecular weight is 368 g/mol. The van der Waals surface area contributed by atoms with Crippen molar-refractivity contribution in [3.8, 4) is 0 Å². The molecule has 0 saturated carbocycles. The normalized spacial score (nSPS) is 16.7. The number of halogens is 2. The van der Waals surface area contributed by atoms with Gasteiger partial charge in [-0.3, -0.25) is 14.5 Å². The van der Waals surface area contributed by atoms with Crippen molar-refractivity contribution < 1.29 is 14.0 Å². The molecule has 3 rings (SSSR count). The van der Waals surface area contributed by atoms with E-state index >= 15 is 0 Å². The van der Waals surface area contributed by atoms with E-state index in [4.69, 9.17) is 11.6 Å². The topological polar surface area (TPSA) is 37.4 Å². The van der Waals surface area contributed by atoms with Crippen LogP contribution in [0.15, 0.2) is 35.2 Å². The summed E-state index contributed by atoms with van der Waals surface area (Å²) >= 11 is 8.42. The van der Waals surface area contributed by atoms with E-state index in [2.05, 4.69) is 0 Å². The molecular weight excluding hydrogens is 357 g/mol. The zero-order chi connectivity index (χ0) is 16.6. The van der Waals surface area contributed by atoms with Gasteiger partial charge in [-0.15, -0.1) is 11.3 Å². The third-order valence-corrected chi connectivity index (χ3v) is 5.46. The Balaban J connectivity index is 1.82. The van der Waals surface area contributed by atoms with E-state index in [0.29, 0.717) is 10.5 Å². The van der Waals surface area contributed by atoms with Crippen LogP contribution >= 0.6 is 34.7 Å². The third kappa shape index (κ3) is 3.49. The van der Waals surface area contributed by atoms with Crippen molar-refractivity contribution >= 4 is 51.9 Å². The highest BCUT2D eigenvalue weighted by molar-refractivity contribution is 8.18. The summed E-state index contributed by atoms with van der Waals surface area (Å²) in [5, 5.41) is -0.156. The minimum atomic E-state index is -0.458. The number of carbonyl (C=O) groups excluding carboxylic acids is 2. The Kier molecular flexibility index (Phi) is 4.57. The fourth-order valence-corrected chi connectivity index (χ4v) is 4.07. The second-order valence-electron chi connectivity index (χ2n) is 4.95. The largest absolute Gasteiger partial charge is 0.293 e. The number of rotatable bonds is 3. The monoisotopic (exact) mass is 367 g/mol. The molecule has 0 radical (unpaired) electrons. The number of amides is 2. The first-order chi connectivity index (χ1) is 10.9. The zero-order valence-corrected chi connectivity index (χ0v) is 14.4. The summed E-state index contributed by atoms with van der Waals surface area (Å²) in [5.41, 5.74) is 0.531. The van der Waals surface area contributed by atoms with Crippen LogP contribution in [-0.4, -0.2) is 16.0 Å². The van der Waals surface area contributed by atoms with Crippen LogP contribution in [0.2, 0.25) is 5.02 Å². The molecule has 3 nitrogen and oxygen atoms in total. The maximum Gasteiger partial charge on any atom is 0.293 e. The molecule has 0 unspecified atom stereocenters. The van der Waals surface area contributed by atoms with Gasteiger partial charge in [-0.2, -0.15) is 0 Å². The zero-order valence-electron chi connectivity index (χ0n) is 12.0. The first kappa shape index (κ1) is 16.2. The summed E-state index contributed by atoms with van der Waals surface area (Å²) in [4.78, 5) is 28.1. The predicted molar refractivity (Wildman–Crippen MR) is 92.0 cm³/mol. The van der Waals surface area contributed by atoms with Gasteiger partial charge in [0.25, 0.3) is 11.1 Å². The molecule has 2 heterocycles. The number of hydrogen-bond donors (Lipinski definition) is 0. The van der Waals surface area contributed by atoms with Crippen molar-refractivity contribution in [2.45, 2.75) is 13.5 Å². The Hall–Kier alpha value is -1.63. The molecule has 1 saturated heterocycles. The third-order valence-electron chi connectivity index (χ3n) is 3.25. The molecule has 0 N–H and O–H groups in total. The molecule has 0 bridgehead atoms. The van der Waals surface area contributed by atoms with Gasteiger partial charge in [-0.25, -0.2) is 4.39 Å². The molecule has 0 atom stereocenters. The molecular formula is C16H11ClFNO2S2. The molecule has 1 fully saturated rings. The molecule has 23 heavy (non-hydrogen) atoms. The summed E-state index contributed by atoms with van der Waals surface area (Å²) < 4.78 is 13.1. The fourth-order valence-electron chi connectivity index (χ4n) is 2.12. The van der Waals surface area contributed by atoms with Gasteiger partial charge in [0.15, 0.2) is 0 Å². The lowest BCUT2D eigenvalue weighted by molar-refractivity contribution is -0.123. The Bertz CT molecular complexity index is 831. The van der Waals surface area contributed by atoms with Crippen molar-refractivity contribution in [3.63, 3.8) is 0 Å². The molecule has 0 aliphatic carbocycles. The number of carbonyl (C=O) groups is 2. The maximum absolute atomic E-state index is 13.1. The predicted octanol–water partition coefficient (Wildman–Crippen LogP) is 5.09. The van der Waals surface area contributed by atoms with E-state index in [0.717, 1.165) is 26.4 Å². The minimum absolute atomic E-state index is 0.0323. The van der Waals surface area contributed by atoms with Crippen molar-refractivity contribution in [3.05, 3.63) is 61.4 Å². The van der Waals surface area contributed by atoms with E-state index in [1.807, 2.05) is 19.1 Å². The van der Waals surface area contributed by atoms with E-state index in [1.54, 1.807) is 17.4 Å². The molecule has 1 aromatic carbocycles. The van der Waals surface area contributed by atoms with Crippen molar-refractivity contribution in [1.29, 1.82) is 0 Å². The number of benzene rings is 1. The number of thioether (sulfide) groups is 1. The van der Waals surface area contributed by atoms with E-state index in [9.17, 15) is 14.0 Å². The van der Waals surface area contributed by atoms with Gasteiger partial charge >= 0.3 is 0 Å². The average Bonchev–Trinajstić information content (AvgIpc) is 3.00. The Morgan fingerprint density at radius 3 is 2.70 bits per heavy atom. The maximum atomic E-state index is 13.1. The van der Waals surface area contributed by atoms with Gasteiger partial charge in [0, 0.05) is 14.8 Å². The van der Waals surface area contributed by atoms with Crippen LogP contribution in [0.5, 0.6) is 0 Å². The number of nitrogens with zero attached hydrogens (tertiary/aromatic N) is 1. The van der Waals surface area contributed by atoms with Crippen LogP contribution in [0.25, 0.3) is 6.08 Å². The molecule has 1 aromatic heterocycles. The van der Waals surface area contributed by atoms with Crippen LogP contribution in [0, 0.1) is 12.7 Å². The fraction of sp³-hybridized carbons (Fsp3) is 0.125. The van der Waals surface area contributed by atoms with Gasteiger partial charge in [0.1, 0.15) is 5.82 Å². The van der Waals surface area contributed by atoms with E-state index in [-0.39, 0.29) is 22.7 Å². The summed E-state index contributed by atoms with van der Waals surface area (Å²) in [7, 11) is 0. The van der Waals surface area contributed by atoms with Gasteiger partial charge in [-0.1, -0.05) is 17.7 Å². The van der Waals surface area contributed by atoms with Crippen LogP contribution in [0.4, 0.5) is 9.18 Å². The van der Waals surface area contributed by atoms with Gasteiger partial charge in [-0.05, 0) is 54.6 Å². The van der Waals surface area contributed by atoms with Gasteiger partial charge < -0.3 is 0 Å². The van der Waals surface area contributed by atoms with Crippen LogP contribution in [0.3, 0.4) is 0 Å². The number of thiophene rings is 1. The lowest BCUT2D eigenvalue weighted by atomic mass is 10.2. The van der Waals surface area contributed by atoms with Crippen molar-refractivity contribution in [2.24, 2.45) is 0 Å². The van der Waals surface area contributed by atoms with Gasteiger partial charge in [0.05, 0.1) is 11.4 Å². The van der Waals surface area contributed by atoms with Crippen molar-refractivity contribution in [1.82, 2.24) is 4.90 Å². The minimum Gasteiger partial charge on any atom is -0.268 e. The Labute approximate surface area is 145 Å². The molecule has 2 amide bonds. The van der Waals surface area contributed by atoms with Crippen LogP contribution < -0.4 is 0 Å². The number of hydrogen-bond acceptors (Lipinski definition) is 4. The Morgan fingerprint density at radius 1 is 1.26 bits per heavy atom. The quantitative estimate of drug-likeness (QED) is 0.709. The molecule has 118 valence electrons. The summed E-state index contributed by atoms with van der Waals surface area (Å²) in [5.74, 6) is -0.813. The second-order valence-corrected chi connectivity index (χ2v) is 7.67. The molecule has 0 spiro atoms. The highest BCUT2D eigenvalue weighted by Gasteiger charge is 2.35. The molecule has 2 aromatic rings. The molecule has 7 heteroatoms. The van der Waals surface area contributed by atoms with E-state index in [1.165, 1.54) is 18.2 Å². The highest BCUT2D eigenvalue weighted by Crippen LogP contribution is 2.35.